The van der Waals surface area contributed by atoms with E-state index in [9.17, 15) is 0 Å². The van der Waals surface area contributed by atoms with Gasteiger partial charge in [0.1, 0.15) is 0 Å². The molecule has 0 aromatic rings. The number of nitrogens with zero attached hydrogens (tertiary/aromatic N) is 1. The zero-order valence-electron chi connectivity index (χ0n) is 12.0. The van der Waals surface area contributed by atoms with Crippen molar-refractivity contribution in [3.8, 4) is 0 Å². The molecule has 0 amide bonds. The molecular weight excluding hydrogens is 208 g/mol. The van der Waals surface area contributed by atoms with Crippen LogP contribution in [0.4, 0.5) is 0 Å². The molecule has 0 spiro atoms. The molecule has 17 heavy (non-hydrogen) atoms. The van der Waals surface area contributed by atoms with Crippen LogP contribution in [0.1, 0.15) is 59.3 Å². The Hall–Kier alpha value is -0.0800. The van der Waals surface area contributed by atoms with E-state index in [0.717, 1.165) is 6.04 Å². The van der Waals surface area contributed by atoms with Gasteiger partial charge in [-0.2, -0.15) is 0 Å². The van der Waals surface area contributed by atoms with Gasteiger partial charge in [0, 0.05) is 25.2 Å². The molecule has 2 aliphatic rings. The van der Waals surface area contributed by atoms with E-state index in [1.165, 1.54) is 58.2 Å². The SMILES string of the molecule is CCC1(CNC2CCN(C(C)C)C2)CCCC1. The molecule has 1 atom stereocenters. The molecule has 1 heterocycles. The summed E-state index contributed by atoms with van der Waals surface area (Å²) < 4.78 is 0. The van der Waals surface area contributed by atoms with Crippen LogP contribution in [0.2, 0.25) is 0 Å². The molecule has 2 nitrogen and oxygen atoms in total. The first-order valence-corrected chi connectivity index (χ1v) is 7.63. The first-order chi connectivity index (χ1) is 8.15. The summed E-state index contributed by atoms with van der Waals surface area (Å²) in [5, 5.41) is 3.86. The number of rotatable bonds is 5. The standard InChI is InChI=1S/C15H30N2/c1-4-15(8-5-6-9-15)12-16-14-7-10-17(11-14)13(2)3/h13-14,16H,4-12H2,1-3H3. The predicted octanol–water partition coefficient (Wildman–Crippen LogP) is 3.03. The van der Waals surface area contributed by atoms with Crippen molar-refractivity contribution in [2.45, 2.75) is 71.4 Å². The lowest BCUT2D eigenvalue weighted by Crippen LogP contribution is -2.40. The average molecular weight is 238 g/mol. The van der Waals surface area contributed by atoms with Crippen molar-refractivity contribution >= 4 is 0 Å². The normalized spacial score (nSPS) is 29.3. The van der Waals surface area contributed by atoms with Gasteiger partial charge in [0.15, 0.2) is 0 Å². The lowest BCUT2D eigenvalue weighted by atomic mass is 9.83. The highest BCUT2D eigenvalue weighted by atomic mass is 15.2. The van der Waals surface area contributed by atoms with Crippen LogP contribution in [0, 0.1) is 5.41 Å². The molecule has 1 saturated carbocycles. The largest absolute Gasteiger partial charge is 0.312 e. The highest BCUT2D eigenvalue weighted by Gasteiger charge is 2.33. The second-order valence-electron chi connectivity index (χ2n) is 6.52. The molecule has 1 aliphatic carbocycles. The first kappa shape index (κ1) is 13.4. The topological polar surface area (TPSA) is 15.3 Å². The minimum atomic E-state index is 0.644. The maximum atomic E-state index is 3.86. The van der Waals surface area contributed by atoms with E-state index in [2.05, 4.69) is 31.0 Å². The summed E-state index contributed by atoms with van der Waals surface area (Å²) in [5.41, 5.74) is 0.644. The fourth-order valence-corrected chi connectivity index (χ4v) is 3.56. The Bertz CT molecular complexity index is 231. The van der Waals surface area contributed by atoms with E-state index < -0.39 is 0 Å². The molecule has 1 aliphatic heterocycles. The molecule has 0 aromatic heterocycles. The smallest absolute Gasteiger partial charge is 0.0207 e. The van der Waals surface area contributed by atoms with E-state index in [0.29, 0.717) is 11.5 Å². The Kier molecular flexibility index (Phi) is 4.48. The zero-order chi connectivity index (χ0) is 12.3. The number of hydrogen-bond acceptors (Lipinski definition) is 2. The maximum Gasteiger partial charge on any atom is 0.0207 e. The Balaban J connectivity index is 1.75. The van der Waals surface area contributed by atoms with E-state index >= 15 is 0 Å². The second kappa shape index (κ2) is 5.71. The predicted molar refractivity (Wildman–Crippen MR) is 74.3 cm³/mol. The van der Waals surface area contributed by atoms with E-state index in [4.69, 9.17) is 0 Å². The van der Waals surface area contributed by atoms with E-state index in [-0.39, 0.29) is 0 Å². The van der Waals surface area contributed by atoms with E-state index in [1.54, 1.807) is 0 Å². The third-order valence-electron chi connectivity index (χ3n) is 5.13. The molecule has 1 N–H and O–H groups in total. The van der Waals surface area contributed by atoms with Crippen LogP contribution in [0.3, 0.4) is 0 Å². The first-order valence-electron chi connectivity index (χ1n) is 7.63. The van der Waals surface area contributed by atoms with Crippen LogP contribution >= 0.6 is 0 Å². The summed E-state index contributed by atoms with van der Waals surface area (Å²) >= 11 is 0. The van der Waals surface area contributed by atoms with Crippen molar-refractivity contribution < 1.29 is 0 Å². The lowest BCUT2D eigenvalue weighted by Gasteiger charge is -2.30. The quantitative estimate of drug-likeness (QED) is 0.792. The Labute approximate surface area is 107 Å². The van der Waals surface area contributed by atoms with Gasteiger partial charge in [-0.1, -0.05) is 19.8 Å². The molecule has 1 saturated heterocycles. The number of hydrogen-bond donors (Lipinski definition) is 1. The Morgan fingerprint density at radius 2 is 2.00 bits per heavy atom. The molecule has 0 bridgehead atoms. The summed E-state index contributed by atoms with van der Waals surface area (Å²) in [6.45, 7) is 10.8. The lowest BCUT2D eigenvalue weighted by molar-refractivity contribution is 0.241. The summed E-state index contributed by atoms with van der Waals surface area (Å²) in [5.74, 6) is 0. The van der Waals surface area contributed by atoms with Gasteiger partial charge in [-0.25, -0.2) is 0 Å². The Morgan fingerprint density at radius 3 is 2.53 bits per heavy atom. The van der Waals surface area contributed by atoms with Gasteiger partial charge in [-0.3, -0.25) is 4.90 Å². The van der Waals surface area contributed by atoms with Gasteiger partial charge in [0.05, 0.1) is 0 Å². The van der Waals surface area contributed by atoms with Gasteiger partial charge in [0.25, 0.3) is 0 Å². The molecule has 2 fully saturated rings. The fraction of sp³-hybridized carbons (Fsp3) is 1.00. The average Bonchev–Trinajstić information content (AvgIpc) is 2.96. The van der Waals surface area contributed by atoms with Crippen LogP contribution in [0.25, 0.3) is 0 Å². The fourth-order valence-electron chi connectivity index (χ4n) is 3.56. The van der Waals surface area contributed by atoms with Crippen molar-refractivity contribution in [1.29, 1.82) is 0 Å². The van der Waals surface area contributed by atoms with Crippen LogP contribution in [0.15, 0.2) is 0 Å². The van der Waals surface area contributed by atoms with Crippen molar-refractivity contribution in [2.24, 2.45) is 5.41 Å². The molecule has 100 valence electrons. The van der Waals surface area contributed by atoms with Crippen molar-refractivity contribution in [2.75, 3.05) is 19.6 Å². The minimum Gasteiger partial charge on any atom is -0.312 e. The summed E-state index contributed by atoms with van der Waals surface area (Å²) in [6.07, 6.45) is 8.53. The zero-order valence-corrected chi connectivity index (χ0v) is 12.0. The maximum absolute atomic E-state index is 3.86. The van der Waals surface area contributed by atoms with Gasteiger partial charge in [-0.15, -0.1) is 0 Å². The Morgan fingerprint density at radius 1 is 1.29 bits per heavy atom. The second-order valence-corrected chi connectivity index (χ2v) is 6.52. The van der Waals surface area contributed by atoms with Gasteiger partial charge in [0.2, 0.25) is 0 Å². The molecule has 0 radical (unpaired) electrons. The summed E-state index contributed by atoms with van der Waals surface area (Å²) in [7, 11) is 0. The summed E-state index contributed by atoms with van der Waals surface area (Å²) in [6, 6.07) is 1.47. The van der Waals surface area contributed by atoms with E-state index in [1.807, 2.05) is 0 Å². The van der Waals surface area contributed by atoms with Crippen LogP contribution in [-0.4, -0.2) is 36.6 Å². The van der Waals surface area contributed by atoms with Gasteiger partial charge < -0.3 is 5.32 Å². The molecule has 0 aromatic carbocycles. The third-order valence-corrected chi connectivity index (χ3v) is 5.13. The van der Waals surface area contributed by atoms with Crippen LogP contribution in [-0.2, 0) is 0 Å². The minimum absolute atomic E-state index is 0.644. The molecule has 2 rings (SSSR count). The number of likely N-dealkylation sites (tertiary alicyclic amines) is 1. The van der Waals surface area contributed by atoms with Gasteiger partial charge >= 0.3 is 0 Å². The van der Waals surface area contributed by atoms with Crippen molar-refractivity contribution in [1.82, 2.24) is 10.2 Å². The van der Waals surface area contributed by atoms with Crippen molar-refractivity contribution in [3.63, 3.8) is 0 Å². The highest BCUT2D eigenvalue weighted by molar-refractivity contribution is 4.89. The number of nitrogens with one attached hydrogen (secondary N) is 1. The highest BCUT2D eigenvalue weighted by Crippen LogP contribution is 2.40. The van der Waals surface area contributed by atoms with Crippen molar-refractivity contribution in [3.05, 3.63) is 0 Å². The molecule has 1 unspecified atom stereocenters. The third kappa shape index (κ3) is 3.23. The molecular formula is C15H30N2. The monoisotopic (exact) mass is 238 g/mol. The van der Waals surface area contributed by atoms with Crippen LogP contribution < -0.4 is 5.32 Å². The van der Waals surface area contributed by atoms with Gasteiger partial charge in [-0.05, 0) is 51.5 Å². The summed E-state index contributed by atoms with van der Waals surface area (Å²) in [4.78, 5) is 2.60. The molecule has 2 heteroatoms. The van der Waals surface area contributed by atoms with Crippen LogP contribution in [0.5, 0.6) is 0 Å².